The maximum Gasteiger partial charge on any atom is 0.328 e. The van der Waals surface area contributed by atoms with Crippen molar-refractivity contribution in [2.75, 3.05) is 32.9 Å². The molecule has 0 amide bonds. The summed E-state index contributed by atoms with van der Waals surface area (Å²) in [6.45, 7) is 7.03. The van der Waals surface area contributed by atoms with Crippen molar-refractivity contribution in [3.05, 3.63) is 35.9 Å². The molecule has 0 radical (unpaired) electrons. The molecule has 1 aromatic rings. The summed E-state index contributed by atoms with van der Waals surface area (Å²) < 4.78 is 10.4. The third-order valence-electron chi connectivity index (χ3n) is 4.19. The van der Waals surface area contributed by atoms with Gasteiger partial charge in [0.2, 0.25) is 0 Å². The van der Waals surface area contributed by atoms with Crippen molar-refractivity contribution < 1.29 is 14.3 Å². The van der Waals surface area contributed by atoms with Crippen LogP contribution in [0.2, 0.25) is 0 Å². The number of carbonyl (C=O) groups is 1. The van der Waals surface area contributed by atoms with Gasteiger partial charge in [-0.1, -0.05) is 30.3 Å². The molecular formula is C19H25N3O3. The summed E-state index contributed by atoms with van der Waals surface area (Å²) in [5.41, 5.74) is 1.17. The van der Waals surface area contributed by atoms with E-state index in [-0.39, 0.29) is 18.7 Å². The van der Waals surface area contributed by atoms with Crippen LogP contribution in [0.3, 0.4) is 0 Å². The topological polar surface area (TPSA) is 74.9 Å². The van der Waals surface area contributed by atoms with Crippen molar-refractivity contribution in [3.8, 4) is 6.07 Å². The molecule has 6 heteroatoms. The Labute approximate surface area is 149 Å². The lowest BCUT2D eigenvalue weighted by Crippen LogP contribution is -2.42. The van der Waals surface area contributed by atoms with Gasteiger partial charge in [0.05, 0.1) is 38.0 Å². The summed E-state index contributed by atoms with van der Waals surface area (Å²) in [6, 6.07) is 12.1. The van der Waals surface area contributed by atoms with Crippen LogP contribution in [0.15, 0.2) is 35.3 Å². The first-order valence-electron chi connectivity index (χ1n) is 8.63. The highest BCUT2D eigenvalue weighted by molar-refractivity contribution is 5.92. The van der Waals surface area contributed by atoms with Crippen molar-refractivity contribution >= 4 is 12.2 Å². The highest BCUT2D eigenvalue weighted by Crippen LogP contribution is 2.27. The molecule has 134 valence electrons. The summed E-state index contributed by atoms with van der Waals surface area (Å²) >= 11 is 0. The second-order valence-corrected chi connectivity index (χ2v) is 5.90. The summed E-state index contributed by atoms with van der Waals surface area (Å²) in [5.74, 6) is -1.52. The number of hydrogen-bond acceptors (Lipinski definition) is 6. The first-order valence-corrected chi connectivity index (χ1v) is 8.63. The van der Waals surface area contributed by atoms with E-state index in [2.05, 4.69) is 22.0 Å². The molecule has 0 N–H and O–H groups in total. The molecule has 1 saturated heterocycles. The smallest absolute Gasteiger partial charge is 0.328 e. The largest absolute Gasteiger partial charge is 0.465 e. The Kier molecular flexibility index (Phi) is 7.58. The summed E-state index contributed by atoms with van der Waals surface area (Å²) in [7, 11) is 0. The fourth-order valence-corrected chi connectivity index (χ4v) is 2.98. The summed E-state index contributed by atoms with van der Waals surface area (Å²) in [6.07, 6.45) is 1.42. The molecule has 1 aromatic carbocycles. The fraction of sp³-hybridized carbons (Fsp3) is 0.526. The predicted molar refractivity (Wildman–Crippen MR) is 95.3 cm³/mol. The van der Waals surface area contributed by atoms with Crippen molar-refractivity contribution in [1.29, 1.82) is 5.26 Å². The maximum atomic E-state index is 11.8. The molecule has 1 heterocycles. The van der Waals surface area contributed by atoms with Gasteiger partial charge in [-0.25, -0.2) is 0 Å². The molecule has 0 spiro atoms. The van der Waals surface area contributed by atoms with Crippen molar-refractivity contribution in [2.24, 2.45) is 10.9 Å². The molecule has 0 saturated carbocycles. The van der Waals surface area contributed by atoms with Crippen LogP contribution in [0.4, 0.5) is 0 Å². The molecule has 1 fully saturated rings. The lowest BCUT2D eigenvalue weighted by molar-refractivity contribution is -0.143. The van der Waals surface area contributed by atoms with Crippen LogP contribution in [0.25, 0.3) is 0 Å². The minimum atomic E-state index is -0.969. The highest BCUT2D eigenvalue weighted by atomic mass is 16.5. The van der Waals surface area contributed by atoms with E-state index in [1.54, 1.807) is 6.92 Å². The molecule has 0 aromatic heterocycles. The Hall–Kier alpha value is -2.23. The molecule has 1 aliphatic rings. The van der Waals surface area contributed by atoms with E-state index in [1.165, 1.54) is 11.8 Å². The van der Waals surface area contributed by atoms with E-state index in [0.717, 1.165) is 13.1 Å². The molecule has 1 aliphatic heterocycles. The van der Waals surface area contributed by atoms with Crippen molar-refractivity contribution in [2.45, 2.75) is 25.9 Å². The number of nitriles is 1. The van der Waals surface area contributed by atoms with Crippen LogP contribution in [-0.2, 0) is 14.3 Å². The van der Waals surface area contributed by atoms with Gasteiger partial charge in [0.25, 0.3) is 0 Å². The zero-order valence-corrected chi connectivity index (χ0v) is 14.8. The number of hydrogen-bond donors (Lipinski definition) is 0. The van der Waals surface area contributed by atoms with Gasteiger partial charge in [0.15, 0.2) is 5.92 Å². The van der Waals surface area contributed by atoms with Crippen LogP contribution in [0.1, 0.15) is 25.5 Å². The van der Waals surface area contributed by atoms with Gasteiger partial charge in [0.1, 0.15) is 0 Å². The number of morpholine rings is 1. The Balaban J connectivity index is 2.17. The number of nitrogens with zero attached hydrogens (tertiary/aromatic N) is 3. The number of esters is 1. The van der Waals surface area contributed by atoms with Crippen molar-refractivity contribution in [3.63, 3.8) is 0 Å². The molecule has 6 nitrogen and oxygen atoms in total. The number of benzene rings is 1. The van der Waals surface area contributed by atoms with E-state index in [9.17, 15) is 10.1 Å². The Morgan fingerprint density at radius 2 is 2.08 bits per heavy atom. The van der Waals surface area contributed by atoms with Crippen LogP contribution >= 0.6 is 0 Å². The van der Waals surface area contributed by atoms with Gasteiger partial charge in [-0.2, -0.15) is 5.26 Å². The SMILES string of the molecule is CCOC(=O)[C@H](C#N)C=N[C@@H](C)[C@@H](c1ccccc1)N1CCOCC1. The highest BCUT2D eigenvalue weighted by Gasteiger charge is 2.27. The fourth-order valence-electron chi connectivity index (χ4n) is 2.98. The summed E-state index contributed by atoms with van der Waals surface area (Å²) in [5, 5.41) is 9.17. The summed E-state index contributed by atoms with van der Waals surface area (Å²) in [4.78, 5) is 18.6. The lowest BCUT2D eigenvalue weighted by Gasteiger charge is -2.37. The van der Waals surface area contributed by atoms with Crippen LogP contribution in [0, 0.1) is 17.2 Å². The monoisotopic (exact) mass is 343 g/mol. The van der Waals surface area contributed by atoms with Gasteiger partial charge in [0, 0.05) is 19.3 Å². The van der Waals surface area contributed by atoms with Gasteiger partial charge in [-0.15, -0.1) is 0 Å². The minimum Gasteiger partial charge on any atom is -0.465 e. The van der Waals surface area contributed by atoms with E-state index >= 15 is 0 Å². The van der Waals surface area contributed by atoms with Gasteiger partial charge in [-0.3, -0.25) is 14.7 Å². The second kappa shape index (κ2) is 9.92. The molecule has 0 aliphatic carbocycles. The Morgan fingerprint density at radius 1 is 1.40 bits per heavy atom. The second-order valence-electron chi connectivity index (χ2n) is 5.90. The number of ether oxygens (including phenoxy) is 2. The number of aliphatic imine (C=N–C) groups is 1. The minimum absolute atomic E-state index is 0.0721. The molecule has 2 rings (SSSR count). The quantitative estimate of drug-likeness (QED) is 0.560. The molecule has 25 heavy (non-hydrogen) atoms. The van der Waals surface area contributed by atoms with E-state index in [0.29, 0.717) is 13.2 Å². The predicted octanol–water partition coefficient (Wildman–Crippen LogP) is 2.22. The Morgan fingerprint density at radius 3 is 2.68 bits per heavy atom. The number of rotatable bonds is 7. The van der Waals surface area contributed by atoms with E-state index in [1.807, 2.05) is 31.2 Å². The third-order valence-corrected chi connectivity index (χ3v) is 4.19. The molecule has 0 unspecified atom stereocenters. The van der Waals surface area contributed by atoms with Gasteiger partial charge in [-0.05, 0) is 19.4 Å². The Bertz CT molecular complexity index is 606. The molecular weight excluding hydrogens is 318 g/mol. The van der Waals surface area contributed by atoms with Gasteiger partial charge < -0.3 is 9.47 Å². The zero-order chi connectivity index (χ0) is 18.1. The third kappa shape index (κ3) is 5.38. The molecule has 0 bridgehead atoms. The first-order chi connectivity index (χ1) is 12.2. The first kappa shape index (κ1) is 19.1. The van der Waals surface area contributed by atoms with Crippen LogP contribution in [0.5, 0.6) is 0 Å². The zero-order valence-electron chi connectivity index (χ0n) is 14.8. The van der Waals surface area contributed by atoms with E-state index in [4.69, 9.17) is 9.47 Å². The average molecular weight is 343 g/mol. The molecule has 3 atom stereocenters. The average Bonchev–Trinajstić information content (AvgIpc) is 2.64. The van der Waals surface area contributed by atoms with E-state index < -0.39 is 11.9 Å². The lowest BCUT2D eigenvalue weighted by atomic mass is 9.98. The standard InChI is InChI=1S/C19H25N3O3/c1-3-25-19(23)17(13-20)14-21-15(2)18(16-7-5-4-6-8-16)22-9-11-24-12-10-22/h4-8,14-15,17-18H,3,9-12H2,1-2H3/t15-,17+,18-/m0/s1. The van der Waals surface area contributed by atoms with Crippen LogP contribution in [-0.4, -0.2) is 56.0 Å². The van der Waals surface area contributed by atoms with Crippen molar-refractivity contribution in [1.82, 2.24) is 4.90 Å². The maximum absolute atomic E-state index is 11.8. The number of carbonyl (C=O) groups excluding carboxylic acids is 1. The van der Waals surface area contributed by atoms with Gasteiger partial charge >= 0.3 is 5.97 Å². The van der Waals surface area contributed by atoms with Crippen LogP contribution < -0.4 is 0 Å². The normalized spacial score (nSPS) is 19.1.